The Bertz CT molecular complexity index is 733. The van der Waals surface area contributed by atoms with Crippen molar-refractivity contribution in [2.75, 3.05) is 7.11 Å². The molecular weight excluding hydrogens is 318 g/mol. The Morgan fingerprint density at radius 2 is 2.00 bits per heavy atom. The maximum atomic E-state index is 12.5. The Balaban J connectivity index is 2.18. The summed E-state index contributed by atoms with van der Waals surface area (Å²) in [6, 6.07) is 6.98. The molecule has 5 nitrogen and oxygen atoms in total. The van der Waals surface area contributed by atoms with E-state index in [0.717, 1.165) is 5.56 Å². The molecule has 0 saturated heterocycles. The molecule has 0 amide bonds. The standard InChI is InChI=1S/C17H16ClNO4/c1-22-17(21)15-13(9-5-7-10(18)8-6-9)14-11(20)3-2-4-12(14)23-16(15)19/h5-8,13H,2-4,19H2,1H3. The molecule has 1 aromatic rings. The van der Waals surface area contributed by atoms with E-state index in [2.05, 4.69) is 0 Å². The van der Waals surface area contributed by atoms with E-state index in [4.69, 9.17) is 26.8 Å². The SMILES string of the molecule is COC(=O)C1=C(N)OC2=C(C(=O)CCC2)C1c1ccc(Cl)cc1. The van der Waals surface area contributed by atoms with Crippen LogP contribution in [0.4, 0.5) is 0 Å². The van der Waals surface area contributed by atoms with E-state index < -0.39 is 11.9 Å². The lowest BCUT2D eigenvalue weighted by Crippen LogP contribution is -2.31. The number of ketones is 1. The molecule has 1 atom stereocenters. The Kier molecular flexibility index (Phi) is 4.13. The lowest BCUT2D eigenvalue weighted by molar-refractivity contribution is -0.136. The van der Waals surface area contributed by atoms with Gasteiger partial charge in [0.05, 0.1) is 13.0 Å². The van der Waals surface area contributed by atoms with Crippen molar-refractivity contribution in [1.29, 1.82) is 0 Å². The number of hydrogen-bond acceptors (Lipinski definition) is 5. The summed E-state index contributed by atoms with van der Waals surface area (Å²) < 4.78 is 10.4. The summed E-state index contributed by atoms with van der Waals surface area (Å²) in [5, 5.41) is 0.571. The first-order chi connectivity index (χ1) is 11.0. The highest BCUT2D eigenvalue weighted by Gasteiger charge is 2.40. The van der Waals surface area contributed by atoms with Gasteiger partial charge in [0.2, 0.25) is 5.88 Å². The summed E-state index contributed by atoms with van der Waals surface area (Å²) in [6.45, 7) is 0. The van der Waals surface area contributed by atoms with Crippen LogP contribution in [0.3, 0.4) is 0 Å². The minimum Gasteiger partial charge on any atom is -0.465 e. The molecule has 6 heteroatoms. The minimum absolute atomic E-state index is 0.00903. The Labute approximate surface area is 138 Å². The summed E-state index contributed by atoms with van der Waals surface area (Å²) in [5.41, 5.74) is 7.35. The van der Waals surface area contributed by atoms with Gasteiger partial charge in [-0.15, -0.1) is 0 Å². The van der Waals surface area contributed by atoms with Crippen LogP contribution in [0, 0.1) is 0 Å². The van der Waals surface area contributed by atoms with Crippen molar-refractivity contribution in [2.45, 2.75) is 25.2 Å². The lowest BCUT2D eigenvalue weighted by Gasteiger charge is -2.32. The molecule has 23 heavy (non-hydrogen) atoms. The molecule has 0 radical (unpaired) electrons. The number of carbonyl (C=O) groups excluding carboxylic acids is 2. The van der Waals surface area contributed by atoms with E-state index in [1.54, 1.807) is 24.3 Å². The van der Waals surface area contributed by atoms with Crippen LogP contribution in [-0.2, 0) is 19.1 Å². The number of rotatable bonds is 2. The largest absolute Gasteiger partial charge is 0.465 e. The summed E-state index contributed by atoms with van der Waals surface area (Å²) in [5.74, 6) is -0.680. The highest BCUT2D eigenvalue weighted by Crippen LogP contribution is 2.44. The van der Waals surface area contributed by atoms with Gasteiger partial charge in [0.1, 0.15) is 11.3 Å². The van der Waals surface area contributed by atoms with Crippen molar-refractivity contribution in [3.8, 4) is 0 Å². The lowest BCUT2D eigenvalue weighted by atomic mass is 9.77. The first-order valence-corrected chi connectivity index (χ1v) is 7.68. The van der Waals surface area contributed by atoms with Gasteiger partial charge in [0, 0.05) is 23.4 Å². The third kappa shape index (κ3) is 2.72. The molecule has 2 N–H and O–H groups in total. The second-order valence-corrected chi connectivity index (χ2v) is 5.91. The maximum Gasteiger partial charge on any atom is 0.340 e. The number of Topliss-reactive ketones (excluding diaryl/α,β-unsaturated/α-hetero) is 1. The van der Waals surface area contributed by atoms with Crippen molar-refractivity contribution in [3.05, 3.63) is 57.6 Å². The molecule has 2 aliphatic rings. The molecule has 1 unspecified atom stereocenters. The molecule has 0 bridgehead atoms. The first kappa shape index (κ1) is 15.6. The Morgan fingerprint density at radius 1 is 1.30 bits per heavy atom. The minimum atomic E-state index is -0.604. The van der Waals surface area contributed by atoms with Crippen molar-refractivity contribution in [3.63, 3.8) is 0 Å². The zero-order valence-electron chi connectivity index (χ0n) is 12.6. The highest BCUT2D eigenvalue weighted by molar-refractivity contribution is 6.30. The van der Waals surface area contributed by atoms with Crippen LogP contribution >= 0.6 is 11.6 Å². The number of ether oxygens (including phenoxy) is 2. The van der Waals surface area contributed by atoms with Gasteiger partial charge in [-0.2, -0.15) is 0 Å². The second kappa shape index (κ2) is 6.08. The summed E-state index contributed by atoms with van der Waals surface area (Å²) in [4.78, 5) is 24.7. The van der Waals surface area contributed by atoms with E-state index in [1.165, 1.54) is 7.11 Å². The molecule has 0 saturated carbocycles. The summed E-state index contributed by atoms with van der Waals surface area (Å²) in [7, 11) is 1.27. The smallest absolute Gasteiger partial charge is 0.340 e. The van der Waals surface area contributed by atoms with Crippen LogP contribution in [0.5, 0.6) is 0 Å². The van der Waals surface area contributed by atoms with Gasteiger partial charge in [-0.3, -0.25) is 4.79 Å². The molecule has 3 rings (SSSR count). The Morgan fingerprint density at radius 3 is 2.65 bits per heavy atom. The fourth-order valence-electron chi connectivity index (χ4n) is 3.05. The highest BCUT2D eigenvalue weighted by atomic mass is 35.5. The van der Waals surface area contributed by atoms with Gasteiger partial charge in [-0.1, -0.05) is 23.7 Å². The fraction of sp³-hybridized carbons (Fsp3) is 0.294. The second-order valence-electron chi connectivity index (χ2n) is 5.47. The molecule has 0 aromatic heterocycles. The topological polar surface area (TPSA) is 78.6 Å². The third-order valence-electron chi connectivity index (χ3n) is 4.09. The van der Waals surface area contributed by atoms with E-state index in [-0.39, 0.29) is 17.2 Å². The van der Waals surface area contributed by atoms with Crippen LogP contribution < -0.4 is 5.73 Å². The van der Waals surface area contributed by atoms with Crippen molar-refractivity contribution >= 4 is 23.4 Å². The molecule has 1 heterocycles. The van der Waals surface area contributed by atoms with E-state index in [0.29, 0.717) is 35.6 Å². The van der Waals surface area contributed by atoms with Crippen LogP contribution in [0.2, 0.25) is 5.02 Å². The number of esters is 1. The zero-order chi connectivity index (χ0) is 16.6. The first-order valence-electron chi connectivity index (χ1n) is 7.30. The molecule has 1 aliphatic heterocycles. The van der Waals surface area contributed by atoms with Crippen LogP contribution in [0.1, 0.15) is 30.7 Å². The molecule has 0 fully saturated rings. The summed E-state index contributed by atoms with van der Waals surface area (Å²) >= 11 is 5.94. The summed E-state index contributed by atoms with van der Waals surface area (Å²) in [6.07, 6.45) is 1.77. The van der Waals surface area contributed by atoms with Crippen LogP contribution in [0.25, 0.3) is 0 Å². The monoisotopic (exact) mass is 333 g/mol. The third-order valence-corrected chi connectivity index (χ3v) is 4.35. The van der Waals surface area contributed by atoms with E-state index in [1.807, 2.05) is 0 Å². The van der Waals surface area contributed by atoms with Crippen LogP contribution in [0.15, 0.2) is 47.1 Å². The van der Waals surface area contributed by atoms with Crippen LogP contribution in [-0.4, -0.2) is 18.9 Å². The number of carbonyl (C=O) groups is 2. The average Bonchev–Trinajstić information content (AvgIpc) is 2.54. The zero-order valence-corrected chi connectivity index (χ0v) is 13.4. The van der Waals surface area contributed by atoms with Crippen molar-refractivity contribution < 1.29 is 19.1 Å². The predicted molar refractivity (Wildman–Crippen MR) is 84.4 cm³/mol. The molecule has 120 valence electrons. The quantitative estimate of drug-likeness (QED) is 0.842. The van der Waals surface area contributed by atoms with Gasteiger partial charge >= 0.3 is 5.97 Å². The molecule has 0 spiro atoms. The van der Waals surface area contributed by atoms with E-state index in [9.17, 15) is 9.59 Å². The molecular formula is C17H16ClNO4. The number of nitrogens with two attached hydrogens (primary N) is 1. The number of methoxy groups -OCH3 is 1. The fourth-order valence-corrected chi connectivity index (χ4v) is 3.18. The van der Waals surface area contributed by atoms with Gasteiger partial charge in [-0.05, 0) is 24.1 Å². The van der Waals surface area contributed by atoms with E-state index >= 15 is 0 Å². The Hall–Kier alpha value is -2.27. The number of halogens is 1. The number of benzene rings is 1. The average molecular weight is 334 g/mol. The molecule has 1 aliphatic carbocycles. The normalized spacial score (nSPS) is 21.0. The number of hydrogen-bond donors (Lipinski definition) is 1. The van der Waals surface area contributed by atoms with Gasteiger partial charge in [0.15, 0.2) is 5.78 Å². The van der Waals surface area contributed by atoms with Gasteiger partial charge in [-0.25, -0.2) is 4.79 Å². The number of allylic oxidation sites excluding steroid dienone is 2. The predicted octanol–water partition coefficient (Wildman–Crippen LogP) is 2.80. The van der Waals surface area contributed by atoms with Gasteiger partial charge < -0.3 is 15.2 Å². The van der Waals surface area contributed by atoms with Crippen molar-refractivity contribution in [1.82, 2.24) is 0 Å². The molecule has 1 aromatic carbocycles. The maximum absolute atomic E-state index is 12.5. The van der Waals surface area contributed by atoms with Gasteiger partial charge in [0.25, 0.3) is 0 Å². The van der Waals surface area contributed by atoms with Crippen molar-refractivity contribution in [2.24, 2.45) is 5.73 Å².